The predicted molar refractivity (Wildman–Crippen MR) is 137 cm³/mol. The molecule has 1 heterocycles. The lowest BCUT2D eigenvalue weighted by atomic mass is 10.0. The number of benzene rings is 4. The van der Waals surface area contributed by atoms with Gasteiger partial charge in [0, 0.05) is 5.56 Å². The number of fused-ring (bicyclic) bond motifs is 1. The second-order valence-corrected chi connectivity index (χ2v) is 9.22. The Morgan fingerprint density at radius 1 is 0.853 bits per heavy atom. The number of aryl methyl sites for hydroxylation is 1. The number of carbonyl (C=O) groups excluding carboxylic acids is 2. The lowest BCUT2D eigenvalue weighted by Gasteiger charge is -2.14. The zero-order valence-corrected chi connectivity index (χ0v) is 19.5. The summed E-state index contributed by atoms with van der Waals surface area (Å²) in [6, 6.07) is 29.7. The summed E-state index contributed by atoms with van der Waals surface area (Å²) < 4.78 is 6.18. The Hall–Kier alpha value is -3.83. The van der Waals surface area contributed by atoms with E-state index in [0.717, 1.165) is 44.8 Å². The molecule has 0 spiro atoms. The summed E-state index contributed by atoms with van der Waals surface area (Å²) in [7, 11) is 0. The number of thioether (sulfide) groups is 1. The molecule has 0 saturated carbocycles. The summed E-state index contributed by atoms with van der Waals surface area (Å²) in [4.78, 5) is 27.6. The van der Waals surface area contributed by atoms with Gasteiger partial charge in [0.1, 0.15) is 12.4 Å². The number of carbonyl (C=O) groups is 2. The Morgan fingerprint density at radius 2 is 1.62 bits per heavy atom. The maximum absolute atomic E-state index is 13.2. The first-order valence-corrected chi connectivity index (χ1v) is 11.9. The van der Waals surface area contributed by atoms with Crippen LogP contribution in [0.4, 0.5) is 4.79 Å². The molecule has 2 amide bonds. The van der Waals surface area contributed by atoms with Crippen molar-refractivity contribution in [1.82, 2.24) is 4.90 Å². The van der Waals surface area contributed by atoms with E-state index in [0.29, 0.717) is 17.3 Å². The van der Waals surface area contributed by atoms with Crippen LogP contribution in [-0.2, 0) is 17.9 Å². The van der Waals surface area contributed by atoms with Crippen molar-refractivity contribution in [3.05, 3.63) is 118 Å². The van der Waals surface area contributed by atoms with E-state index in [9.17, 15) is 9.59 Å². The van der Waals surface area contributed by atoms with Crippen LogP contribution in [0.3, 0.4) is 0 Å². The minimum Gasteiger partial charge on any atom is -0.488 e. The van der Waals surface area contributed by atoms with Gasteiger partial charge in [-0.1, -0.05) is 90.5 Å². The number of imide groups is 1. The lowest BCUT2D eigenvalue weighted by Crippen LogP contribution is -2.27. The molecule has 0 N–H and O–H groups in total. The van der Waals surface area contributed by atoms with Crippen LogP contribution in [0.1, 0.15) is 22.3 Å². The normalized spacial score (nSPS) is 14.9. The van der Waals surface area contributed by atoms with Gasteiger partial charge < -0.3 is 4.74 Å². The molecule has 5 heteroatoms. The molecule has 5 rings (SSSR count). The van der Waals surface area contributed by atoms with Crippen LogP contribution in [0.15, 0.2) is 95.9 Å². The van der Waals surface area contributed by atoms with E-state index in [1.54, 1.807) is 6.08 Å². The summed E-state index contributed by atoms with van der Waals surface area (Å²) in [6.07, 6.45) is 1.80. The van der Waals surface area contributed by atoms with Crippen LogP contribution in [0.5, 0.6) is 5.75 Å². The molecular weight excluding hydrogens is 442 g/mol. The first kappa shape index (κ1) is 22.0. The number of hydrogen-bond donors (Lipinski definition) is 0. The fourth-order valence-electron chi connectivity index (χ4n) is 4.05. The second-order valence-electron chi connectivity index (χ2n) is 8.23. The van der Waals surface area contributed by atoms with E-state index >= 15 is 0 Å². The summed E-state index contributed by atoms with van der Waals surface area (Å²) in [5.41, 5.74) is 3.88. The van der Waals surface area contributed by atoms with Crippen molar-refractivity contribution in [2.75, 3.05) is 0 Å². The van der Waals surface area contributed by atoms with Gasteiger partial charge in [0.25, 0.3) is 11.1 Å². The highest BCUT2D eigenvalue weighted by Crippen LogP contribution is 2.37. The first-order chi connectivity index (χ1) is 16.6. The van der Waals surface area contributed by atoms with Crippen LogP contribution in [0.25, 0.3) is 16.8 Å². The van der Waals surface area contributed by atoms with Crippen molar-refractivity contribution in [3.63, 3.8) is 0 Å². The third kappa shape index (κ3) is 4.61. The van der Waals surface area contributed by atoms with Crippen LogP contribution in [0.2, 0.25) is 0 Å². The third-order valence-electron chi connectivity index (χ3n) is 5.74. The number of amides is 2. The van der Waals surface area contributed by atoms with Crippen molar-refractivity contribution in [3.8, 4) is 5.75 Å². The minimum atomic E-state index is -0.279. The van der Waals surface area contributed by atoms with Crippen LogP contribution in [-0.4, -0.2) is 16.0 Å². The molecule has 0 atom stereocenters. The van der Waals surface area contributed by atoms with Gasteiger partial charge in [-0.05, 0) is 52.7 Å². The molecule has 1 fully saturated rings. The molecule has 1 aliphatic heterocycles. The van der Waals surface area contributed by atoms with E-state index in [1.165, 1.54) is 4.90 Å². The molecule has 168 valence electrons. The predicted octanol–water partition coefficient (Wildman–Crippen LogP) is 6.96. The molecule has 0 aliphatic carbocycles. The molecule has 0 radical (unpaired) electrons. The molecule has 1 aliphatic rings. The summed E-state index contributed by atoms with van der Waals surface area (Å²) in [5, 5.41) is 1.75. The Morgan fingerprint density at radius 3 is 2.44 bits per heavy atom. The lowest BCUT2D eigenvalue weighted by molar-refractivity contribution is -0.123. The van der Waals surface area contributed by atoms with E-state index in [1.807, 2.05) is 97.9 Å². The molecular formula is C29H23NO3S. The molecule has 4 aromatic carbocycles. The third-order valence-corrected chi connectivity index (χ3v) is 6.65. The Bertz CT molecular complexity index is 1410. The molecule has 0 bridgehead atoms. The monoisotopic (exact) mass is 465 g/mol. The quantitative estimate of drug-likeness (QED) is 0.289. The topological polar surface area (TPSA) is 46.6 Å². The van der Waals surface area contributed by atoms with Crippen molar-refractivity contribution >= 4 is 39.8 Å². The number of hydrogen-bond acceptors (Lipinski definition) is 4. The molecule has 4 aromatic rings. The fraction of sp³-hybridized carbons (Fsp3) is 0.103. The summed E-state index contributed by atoms with van der Waals surface area (Å²) in [5.74, 6) is 0.395. The summed E-state index contributed by atoms with van der Waals surface area (Å²) >= 11 is 0.975. The van der Waals surface area contributed by atoms with Crippen LogP contribution in [0, 0.1) is 6.92 Å². The Balaban J connectivity index is 1.48. The van der Waals surface area contributed by atoms with Gasteiger partial charge in [-0.2, -0.15) is 0 Å². The van der Waals surface area contributed by atoms with Crippen LogP contribution >= 0.6 is 11.8 Å². The van der Waals surface area contributed by atoms with Gasteiger partial charge in [-0.25, -0.2) is 0 Å². The van der Waals surface area contributed by atoms with Crippen molar-refractivity contribution in [2.24, 2.45) is 0 Å². The molecule has 0 aromatic heterocycles. The van der Waals surface area contributed by atoms with Gasteiger partial charge in [0.15, 0.2) is 0 Å². The highest BCUT2D eigenvalue weighted by molar-refractivity contribution is 8.18. The smallest absolute Gasteiger partial charge is 0.293 e. The average Bonchev–Trinajstić information content (AvgIpc) is 3.11. The Labute approximate surface area is 202 Å². The Kier molecular flexibility index (Phi) is 6.19. The molecule has 34 heavy (non-hydrogen) atoms. The molecule has 4 nitrogen and oxygen atoms in total. The second kappa shape index (κ2) is 9.57. The van der Waals surface area contributed by atoms with Gasteiger partial charge in [-0.3, -0.25) is 14.5 Å². The molecule has 0 unspecified atom stereocenters. The average molecular weight is 466 g/mol. The highest BCUT2D eigenvalue weighted by atomic mass is 32.2. The van der Waals surface area contributed by atoms with Gasteiger partial charge in [-0.15, -0.1) is 0 Å². The van der Waals surface area contributed by atoms with Gasteiger partial charge in [0.2, 0.25) is 0 Å². The summed E-state index contributed by atoms with van der Waals surface area (Å²) in [6.45, 7) is 2.67. The van der Waals surface area contributed by atoms with Gasteiger partial charge in [0.05, 0.1) is 11.4 Å². The minimum absolute atomic E-state index is 0.259. The van der Waals surface area contributed by atoms with Crippen molar-refractivity contribution in [1.29, 1.82) is 0 Å². The maximum Gasteiger partial charge on any atom is 0.293 e. The largest absolute Gasteiger partial charge is 0.488 e. The standard InChI is InChI=1S/C29H23NO3S/c1-20-8-7-11-22(16-20)18-30-28(31)27(34-29(30)32)17-25-24-13-6-5-12-23(24)14-15-26(25)33-19-21-9-3-2-4-10-21/h2-17H,18-19H2,1H3/b27-17+. The van der Waals surface area contributed by atoms with E-state index in [2.05, 4.69) is 0 Å². The number of rotatable bonds is 6. The number of ether oxygens (including phenoxy) is 1. The number of nitrogens with zero attached hydrogens (tertiary/aromatic N) is 1. The SMILES string of the molecule is Cc1cccc(CN2C(=O)S/C(=C/c3c(OCc4ccccc4)ccc4ccccc34)C2=O)c1. The van der Waals surface area contributed by atoms with Gasteiger partial charge >= 0.3 is 0 Å². The van der Waals surface area contributed by atoms with E-state index in [4.69, 9.17) is 4.74 Å². The highest BCUT2D eigenvalue weighted by Gasteiger charge is 2.35. The maximum atomic E-state index is 13.2. The zero-order valence-electron chi connectivity index (χ0n) is 18.7. The zero-order chi connectivity index (χ0) is 23.5. The van der Waals surface area contributed by atoms with E-state index in [-0.39, 0.29) is 17.7 Å². The van der Waals surface area contributed by atoms with Crippen LogP contribution < -0.4 is 4.74 Å². The van der Waals surface area contributed by atoms with Crippen molar-refractivity contribution in [2.45, 2.75) is 20.1 Å². The van der Waals surface area contributed by atoms with Crippen molar-refractivity contribution < 1.29 is 14.3 Å². The van der Waals surface area contributed by atoms with E-state index < -0.39 is 0 Å². The molecule has 1 saturated heterocycles. The fourth-order valence-corrected chi connectivity index (χ4v) is 4.87. The first-order valence-electron chi connectivity index (χ1n) is 11.1.